The van der Waals surface area contributed by atoms with Gasteiger partial charge in [0.2, 0.25) is 0 Å². The summed E-state index contributed by atoms with van der Waals surface area (Å²) >= 11 is 0. The smallest absolute Gasteiger partial charge is 0.264 e. The average molecular weight is 369 g/mol. The van der Waals surface area contributed by atoms with Crippen LogP contribution in [-0.4, -0.2) is 30.2 Å². The fourth-order valence-corrected chi connectivity index (χ4v) is 3.21. The molecule has 2 rings (SSSR count). The van der Waals surface area contributed by atoms with Gasteiger partial charge in [-0.15, -0.1) is 0 Å². The van der Waals surface area contributed by atoms with Crippen molar-refractivity contribution in [3.8, 4) is 0 Å². The lowest BCUT2D eigenvalue weighted by atomic mass is 10.0. The van der Waals surface area contributed by atoms with Gasteiger partial charge in [0.05, 0.1) is 0 Å². The fourth-order valence-electron chi connectivity index (χ4n) is 3.21. The third kappa shape index (κ3) is 5.91. The molecular formula is C23H32N2O2. The second kappa shape index (κ2) is 9.67. The van der Waals surface area contributed by atoms with E-state index >= 15 is 0 Å². The maximum absolute atomic E-state index is 12.1. The average Bonchev–Trinajstić information content (AvgIpc) is 2.65. The van der Waals surface area contributed by atoms with Crippen LogP contribution in [-0.2, 0) is 28.9 Å². The minimum absolute atomic E-state index is 0.479. The number of methoxy groups -OCH3 is 1. The Balaban J connectivity index is 2.12. The molecule has 4 nitrogen and oxygen atoms in total. The summed E-state index contributed by atoms with van der Waals surface area (Å²) in [4.78, 5) is 14.1. The summed E-state index contributed by atoms with van der Waals surface area (Å²) in [7, 11) is 1.53. The van der Waals surface area contributed by atoms with Gasteiger partial charge in [-0.05, 0) is 42.4 Å². The van der Waals surface area contributed by atoms with Crippen LogP contribution in [0.5, 0.6) is 0 Å². The van der Waals surface area contributed by atoms with E-state index in [-0.39, 0.29) is 0 Å². The van der Waals surface area contributed by atoms with E-state index in [0.717, 1.165) is 18.4 Å². The zero-order valence-electron chi connectivity index (χ0n) is 16.9. The molecule has 0 bridgehead atoms. The molecule has 1 atom stereocenters. The van der Waals surface area contributed by atoms with Crippen LogP contribution in [0, 0.1) is 5.92 Å². The summed E-state index contributed by atoms with van der Waals surface area (Å²) in [6, 6.07) is 18.8. The van der Waals surface area contributed by atoms with Crippen LogP contribution < -0.4 is 5.73 Å². The van der Waals surface area contributed by atoms with Gasteiger partial charge in [0.15, 0.2) is 5.72 Å². The van der Waals surface area contributed by atoms with Crippen LogP contribution in [0.1, 0.15) is 37.5 Å². The predicted octanol–water partition coefficient (Wildman–Crippen LogP) is 3.78. The largest absolute Gasteiger partial charge is 0.366 e. The Kier molecular flexibility index (Phi) is 7.57. The van der Waals surface area contributed by atoms with Crippen LogP contribution in [0.15, 0.2) is 54.6 Å². The second-order valence-electron chi connectivity index (χ2n) is 7.62. The normalized spacial score (nSPS) is 13.7. The highest BCUT2D eigenvalue weighted by atomic mass is 16.5. The van der Waals surface area contributed by atoms with E-state index in [1.54, 1.807) is 6.92 Å². The molecule has 0 aromatic heterocycles. The minimum atomic E-state index is -1.15. The summed E-state index contributed by atoms with van der Waals surface area (Å²) in [5, 5.41) is 0. The van der Waals surface area contributed by atoms with Crippen molar-refractivity contribution in [2.45, 2.75) is 45.9 Å². The van der Waals surface area contributed by atoms with Crippen molar-refractivity contribution in [1.29, 1.82) is 0 Å². The molecule has 0 saturated carbocycles. The molecule has 1 amide bonds. The minimum Gasteiger partial charge on any atom is -0.366 e. The molecule has 1 unspecified atom stereocenters. The first-order chi connectivity index (χ1) is 12.8. The molecule has 0 aliphatic heterocycles. The lowest BCUT2D eigenvalue weighted by Gasteiger charge is -2.37. The molecule has 0 saturated heterocycles. The number of rotatable bonds is 10. The summed E-state index contributed by atoms with van der Waals surface area (Å²) in [5.74, 6) is 0.170. The summed E-state index contributed by atoms with van der Waals surface area (Å²) in [6.45, 7) is 7.46. The molecule has 0 fully saturated rings. The first-order valence-corrected chi connectivity index (χ1v) is 9.57. The number of amides is 1. The van der Waals surface area contributed by atoms with E-state index in [1.807, 2.05) is 35.2 Å². The highest BCUT2D eigenvalue weighted by Gasteiger charge is 2.37. The van der Waals surface area contributed by atoms with E-state index in [9.17, 15) is 4.79 Å². The van der Waals surface area contributed by atoms with Gasteiger partial charge in [-0.25, -0.2) is 0 Å². The number of benzene rings is 2. The van der Waals surface area contributed by atoms with Gasteiger partial charge >= 0.3 is 0 Å². The maximum atomic E-state index is 12.1. The number of ether oxygens (including phenoxy) is 1. The zero-order chi connectivity index (χ0) is 19.9. The number of nitrogens with zero attached hydrogens (tertiary/aromatic N) is 1. The van der Waals surface area contributed by atoms with Crippen LogP contribution in [0.25, 0.3) is 0 Å². The molecule has 0 spiro atoms. The Morgan fingerprint density at radius 2 is 1.63 bits per heavy atom. The highest BCUT2D eigenvalue weighted by Crippen LogP contribution is 2.20. The van der Waals surface area contributed by atoms with Crippen molar-refractivity contribution < 1.29 is 9.53 Å². The molecule has 0 heterocycles. The van der Waals surface area contributed by atoms with Gasteiger partial charge < -0.3 is 10.5 Å². The van der Waals surface area contributed by atoms with Crippen molar-refractivity contribution in [3.63, 3.8) is 0 Å². The number of hydrogen-bond donors (Lipinski definition) is 1. The van der Waals surface area contributed by atoms with Gasteiger partial charge in [0, 0.05) is 20.2 Å². The summed E-state index contributed by atoms with van der Waals surface area (Å²) < 4.78 is 5.54. The third-order valence-corrected chi connectivity index (χ3v) is 5.01. The van der Waals surface area contributed by atoms with E-state index in [4.69, 9.17) is 10.5 Å². The highest BCUT2D eigenvalue weighted by molar-refractivity contribution is 5.82. The van der Waals surface area contributed by atoms with Crippen molar-refractivity contribution >= 4 is 5.91 Å². The lowest BCUT2D eigenvalue weighted by molar-refractivity contribution is -0.165. The van der Waals surface area contributed by atoms with Gasteiger partial charge in [-0.1, -0.05) is 68.4 Å². The molecule has 146 valence electrons. The molecule has 0 aliphatic carbocycles. The standard InChI is InChI=1S/C23H32N2O2/c1-18(2)16-20-12-10-19(11-13-20)14-15-25(23(3,27-4)22(24)26)17-21-8-6-5-7-9-21/h5-13,18H,14-17H2,1-4H3,(H2,24,26). The molecular weight excluding hydrogens is 336 g/mol. The Morgan fingerprint density at radius 3 is 2.15 bits per heavy atom. The number of nitrogens with two attached hydrogens (primary N) is 1. The molecule has 2 aromatic carbocycles. The number of carbonyl (C=O) groups excluding carboxylic acids is 1. The molecule has 0 radical (unpaired) electrons. The Morgan fingerprint density at radius 1 is 1.04 bits per heavy atom. The maximum Gasteiger partial charge on any atom is 0.264 e. The molecule has 27 heavy (non-hydrogen) atoms. The van der Waals surface area contributed by atoms with E-state index < -0.39 is 11.6 Å². The van der Waals surface area contributed by atoms with Crippen LogP contribution in [0.2, 0.25) is 0 Å². The van der Waals surface area contributed by atoms with E-state index in [2.05, 4.69) is 38.1 Å². The van der Waals surface area contributed by atoms with Gasteiger partial charge in [0.25, 0.3) is 5.91 Å². The predicted molar refractivity (Wildman–Crippen MR) is 110 cm³/mol. The molecule has 4 heteroatoms. The summed E-state index contributed by atoms with van der Waals surface area (Å²) in [6.07, 6.45) is 1.91. The first kappa shape index (κ1) is 21.1. The third-order valence-electron chi connectivity index (χ3n) is 5.01. The number of carbonyl (C=O) groups is 1. The zero-order valence-corrected chi connectivity index (χ0v) is 16.9. The fraction of sp³-hybridized carbons (Fsp3) is 0.435. The quantitative estimate of drug-likeness (QED) is 0.649. The molecule has 2 N–H and O–H groups in total. The van der Waals surface area contributed by atoms with E-state index in [1.165, 1.54) is 18.2 Å². The van der Waals surface area contributed by atoms with Crippen LogP contribution in [0.4, 0.5) is 0 Å². The van der Waals surface area contributed by atoms with Gasteiger partial charge in [-0.3, -0.25) is 9.69 Å². The molecule has 2 aromatic rings. The second-order valence-corrected chi connectivity index (χ2v) is 7.62. The van der Waals surface area contributed by atoms with Crippen molar-refractivity contribution in [1.82, 2.24) is 4.90 Å². The van der Waals surface area contributed by atoms with Gasteiger partial charge in [0.1, 0.15) is 0 Å². The first-order valence-electron chi connectivity index (χ1n) is 9.57. The number of primary amides is 1. The summed E-state index contributed by atoms with van der Waals surface area (Å²) in [5.41, 5.74) is 8.23. The Hall–Kier alpha value is -2.17. The van der Waals surface area contributed by atoms with Gasteiger partial charge in [-0.2, -0.15) is 0 Å². The monoisotopic (exact) mass is 368 g/mol. The van der Waals surface area contributed by atoms with Crippen molar-refractivity contribution in [2.24, 2.45) is 11.7 Å². The SMILES string of the molecule is COC(C)(C(N)=O)N(CCc1ccc(CC(C)C)cc1)Cc1ccccc1. The Bertz CT molecular complexity index is 713. The molecule has 0 aliphatic rings. The van der Waals surface area contributed by atoms with Crippen molar-refractivity contribution in [2.75, 3.05) is 13.7 Å². The topological polar surface area (TPSA) is 55.6 Å². The Labute approximate surface area is 163 Å². The lowest BCUT2D eigenvalue weighted by Crippen LogP contribution is -2.57. The van der Waals surface area contributed by atoms with Crippen LogP contribution >= 0.6 is 0 Å². The van der Waals surface area contributed by atoms with E-state index in [0.29, 0.717) is 19.0 Å². The number of hydrogen-bond acceptors (Lipinski definition) is 3. The van der Waals surface area contributed by atoms with Crippen molar-refractivity contribution in [3.05, 3.63) is 71.3 Å². The van der Waals surface area contributed by atoms with Crippen LogP contribution in [0.3, 0.4) is 0 Å².